The lowest BCUT2D eigenvalue weighted by atomic mass is 10.2. The summed E-state index contributed by atoms with van der Waals surface area (Å²) in [5, 5.41) is 0. The van der Waals surface area contributed by atoms with Crippen LogP contribution in [0.15, 0.2) is 17.1 Å². The van der Waals surface area contributed by atoms with Crippen molar-refractivity contribution in [3.8, 4) is 17.2 Å². The normalized spacial score (nSPS) is 9.00. The fourth-order valence-corrected chi connectivity index (χ4v) is 1.15. The van der Waals surface area contributed by atoms with E-state index < -0.39 is 0 Å². The molecule has 0 bridgehead atoms. The number of nitrogens with zero attached hydrogens (tertiary/aromatic N) is 1. The molecule has 0 spiro atoms. The van der Waals surface area contributed by atoms with Crippen LogP contribution in [0.2, 0.25) is 0 Å². The maximum absolute atomic E-state index is 10.2. The second kappa shape index (κ2) is 5.02. The van der Waals surface area contributed by atoms with Crippen molar-refractivity contribution in [1.82, 2.24) is 0 Å². The Hall–Kier alpha value is -2.00. The van der Waals surface area contributed by atoms with E-state index in [-0.39, 0.29) is 0 Å². The third kappa shape index (κ3) is 2.27. The van der Waals surface area contributed by atoms with E-state index in [1.54, 1.807) is 12.1 Å². The predicted octanol–water partition coefficient (Wildman–Crippen LogP) is 1.68. The van der Waals surface area contributed by atoms with Crippen molar-refractivity contribution in [2.45, 2.75) is 0 Å². The Morgan fingerprint density at radius 3 is 2.00 bits per heavy atom. The van der Waals surface area contributed by atoms with E-state index in [4.69, 9.17) is 14.2 Å². The monoisotopic (exact) mass is 209 g/mol. The van der Waals surface area contributed by atoms with Crippen LogP contribution in [0.3, 0.4) is 0 Å². The number of rotatable bonds is 4. The first kappa shape index (κ1) is 11.1. The molecule has 0 radical (unpaired) electrons. The van der Waals surface area contributed by atoms with Crippen LogP contribution in [-0.4, -0.2) is 27.4 Å². The average molecular weight is 209 g/mol. The highest BCUT2D eigenvalue weighted by Gasteiger charge is 2.10. The smallest absolute Gasteiger partial charge is 0.240 e. The third-order valence-corrected chi connectivity index (χ3v) is 1.85. The molecule has 0 aliphatic carbocycles. The summed E-state index contributed by atoms with van der Waals surface area (Å²) in [6, 6.07) is 3.14. The Morgan fingerprint density at radius 1 is 1.00 bits per heavy atom. The predicted molar refractivity (Wildman–Crippen MR) is 53.9 cm³/mol. The number of hydrogen-bond donors (Lipinski definition) is 0. The summed E-state index contributed by atoms with van der Waals surface area (Å²) in [4.78, 5) is 13.7. The van der Waals surface area contributed by atoms with Crippen molar-refractivity contribution in [3.05, 3.63) is 12.1 Å². The number of ether oxygens (including phenoxy) is 3. The Labute approximate surface area is 87.3 Å². The molecule has 0 unspecified atom stereocenters. The van der Waals surface area contributed by atoms with Crippen molar-refractivity contribution in [3.63, 3.8) is 0 Å². The van der Waals surface area contributed by atoms with Gasteiger partial charge in [0.1, 0.15) is 11.4 Å². The van der Waals surface area contributed by atoms with E-state index in [0.717, 1.165) is 0 Å². The molecule has 0 amide bonds. The number of benzene rings is 1. The van der Waals surface area contributed by atoms with E-state index in [9.17, 15) is 4.79 Å². The molecule has 1 aromatic rings. The minimum Gasteiger partial charge on any atom is -0.494 e. The Balaban J connectivity index is 3.33. The first-order chi connectivity index (χ1) is 7.26. The molecular weight excluding hydrogens is 198 g/mol. The molecule has 1 rings (SSSR count). The van der Waals surface area contributed by atoms with Gasteiger partial charge in [-0.1, -0.05) is 0 Å². The van der Waals surface area contributed by atoms with Crippen LogP contribution in [0.1, 0.15) is 0 Å². The lowest BCUT2D eigenvalue weighted by Crippen LogP contribution is -1.92. The molecule has 0 heterocycles. The molecule has 5 heteroatoms. The van der Waals surface area contributed by atoms with Crippen molar-refractivity contribution in [2.24, 2.45) is 4.99 Å². The van der Waals surface area contributed by atoms with Gasteiger partial charge < -0.3 is 14.2 Å². The molecular formula is C10H11NO4. The van der Waals surface area contributed by atoms with E-state index >= 15 is 0 Å². The van der Waals surface area contributed by atoms with E-state index in [1.165, 1.54) is 27.4 Å². The van der Waals surface area contributed by atoms with Gasteiger partial charge in [-0.3, -0.25) is 0 Å². The van der Waals surface area contributed by atoms with E-state index in [1.807, 2.05) is 0 Å². The highest BCUT2D eigenvalue weighted by molar-refractivity contribution is 5.64. The molecule has 0 N–H and O–H groups in total. The highest BCUT2D eigenvalue weighted by Crippen LogP contribution is 2.38. The zero-order chi connectivity index (χ0) is 11.3. The molecule has 5 nitrogen and oxygen atoms in total. The van der Waals surface area contributed by atoms with Crippen LogP contribution >= 0.6 is 0 Å². The molecule has 80 valence electrons. The first-order valence-electron chi connectivity index (χ1n) is 4.14. The minimum atomic E-state index is 0.352. The Morgan fingerprint density at radius 2 is 1.53 bits per heavy atom. The first-order valence-corrected chi connectivity index (χ1v) is 4.14. The summed E-state index contributed by atoms with van der Waals surface area (Å²) in [6.07, 6.45) is 1.45. The largest absolute Gasteiger partial charge is 0.494 e. The van der Waals surface area contributed by atoms with Crippen molar-refractivity contribution in [2.75, 3.05) is 21.3 Å². The lowest BCUT2D eigenvalue weighted by Gasteiger charge is -2.10. The summed E-state index contributed by atoms with van der Waals surface area (Å²) in [5.74, 6) is 1.42. The average Bonchev–Trinajstić information content (AvgIpc) is 2.28. The number of aliphatic imine (C=N–C) groups is 1. The van der Waals surface area contributed by atoms with Gasteiger partial charge >= 0.3 is 0 Å². The number of methoxy groups -OCH3 is 3. The van der Waals surface area contributed by atoms with E-state index in [2.05, 4.69) is 4.99 Å². The number of isocyanates is 1. The second-order valence-electron chi connectivity index (χ2n) is 2.58. The van der Waals surface area contributed by atoms with Gasteiger partial charge in [0.05, 0.1) is 21.3 Å². The van der Waals surface area contributed by atoms with Crippen molar-refractivity contribution >= 4 is 11.8 Å². The molecule has 0 aliphatic heterocycles. The summed E-state index contributed by atoms with van der Waals surface area (Å²) in [5.41, 5.74) is 0.352. The standard InChI is InChI=1S/C10H11NO4/c1-13-8-5-10(15-3)9(14-2)4-7(8)11-6-12/h4-5H,1-3H3. The summed E-state index contributed by atoms with van der Waals surface area (Å²) in [7, 11) is 4.49. The summed E-state index contributed by atoms with van der Waals surface area (Å²) >= 11 is 0. The molecule has 0 atom stereocenters. The molecule has 15 heavy (non-hydrogen) atoms. The van der Waals surface area contributed by atoms with Gasteiger partial charge in [-0.15, -0.1) is 0 Å². The zero-order valence-corrected chi connectivity index (χ0v) is 8.73. The van der Waals surface area contributed by atoms with Crippen LogP contribution < -0.4 is 14.2 Å². The van der Waals surface area contributed by atoms with Crippen molar-refractivity contribution in [1.29, 1.82) is 0 Å². The van der Waals surface area contributed by atoms with Gasteiger partial charge in [-0.2, -0.15) is 4.99 Å². The maximum Gasteiger partial charge on any atom is 0.240 e. The van der Waals surface area contributed by atoms with Crippen LogP contribution in [0.25, 0.3) is 0 Å². The number of carbonyl (C=O) groups excluding carboxylic acids is 1. The Kier molecular flexibility index (Phi) is 3.71. The number of hydrogen-bond acceptors (Lipinski definition) is 5. The van der Waals surface area contributed by atoms with Gasteiger partial charge in [0.15, 0.2) is 11.5 Å². The molecule has 1 aromatic carbocycles. The fourth-order valence-electron chi connectivity index (χ4n) is 1.15. The molecule has 0 saturated carbocycles. The van der Waals surface area contributed by atoms with Crippen LogP contribution in [0.4, 0.5) is 5.69 Å². The van der Waals surface area contributed by atoms with Crippen molar-refractivity contribution < 1.29 is 19.0 Å². The quantitative estimate of drug-likeness (QED) is 0.559. The second-order valence-corrected chi connectivity index (χ2v) is 2.58. The molecule has 0 fully saturated rings. The van der Waals surface area contributed by atoms with Gasteiger partial charge in [0.2, 0.25) is 6.08 Å². The molecule has 0 saturated heterocycles. The molecule has 0 aromatic heterocycles. The highest BCUT2D eigenvalue weighted by atomic mass is 16.5. The third-order valence-electron chi connectivity index (χ3n) is 1.85. The van der Waals surface area contributed by atoms with Crippen LogP contribution in [0.5, 0.6) is 17.2 Å². The SMILES string of the molecule is COc1cc(OC)c(OC)cc1N=C=O. The fraction of sp³-hybridized carbons (Fsp3) is 0.300. The van der Waals surface area contributed by atoms with Crippen LogP contribution in [-0.2, 0) is 4.79 Å². The van der Waals surface area contributed by atoms with Gasteiger partial charge in [-0.05, 0) is 0 Å². The summed E-state index contributed by atoms with van der Waals surface area (Å²) < 4.78 is 15.2. The lowest BCUT2D eigenvalue weighted by molar-refractivity contribution is 0.349. The molecule has 0 aliphatic rings. The van der Waals surface area contributed by atoms with Gasteiger partial charge in [-0.25, -0.2) is 4.79 Å². The zero-order valence-electron chi connectivity index (χ0n) is 8.73. The van der Waals surface area contributed by atoms with Gasteiger partial charge in [0.25, 0.3) is 0 Å². The topological polar surface area (TPSA) is 57.1 Å². The Bertz CT molecular complexity index is 397. The van der Waals surface area contributed by atoms with Gasteiger partial charge in [0, 0.05) is 12.1 Å². The van der Waals surface area contributed by atoms with Crippen LogP contribution in [0, 0.1) is 0 Å². The maximum atomic E-state index is 10.2. The minimum absolute atomic E-state index is 0.352. The van der Waals surface area contributed by atoms with E-state index in [0.29, 0.717) is 22.9 Å². The summed E-state index contributed by atoms with van der Waals surface area (Å²) in [6.45, 7) is 0.